The Hall–Kier alpha value is -0.0800. The fourth-order valence-corrected chi connectivity index (χ4v) is 3.18. The molecule has 0 aromatic rings. The summed E-state index contributed by atoms with van der Waals surface area (Å²) < 4.78 is 5.84. The molecule has 0 bridgehead atoms. The zero-order chi connectivity index (χ0) is 11.4. The molecule has 2 fully saturated rings. The Balaban J connectivity index is 1.65. The third kappa shape index (κ3) is 3.46. The van der Waals surface area contributed by atoms with Gasteiger partial charge in [0.05, 0.1) is 12.2 Å². The first-order valence-electron chi connectivity index (χ1n) is 7.16. The molecular weight excluding hydrogens is 198 g/mol. The summed E-state index contributed by atoms with van der Waals surface area (Å²) in [5.41, 5.74) is 0. The molecule has 0 aromatic carbocycles. The van der Waals surface area contributed by atoms with Gasteiger partial charge in [0, 0.05) is 12.6 Å². The highest BCUT2D eigenvalue weighted by atomic mass is 16.5. The van der Waals surface area contributed by atoms with Crippen LogP contribution in [0.2, 0.25) is 0 Å². The Morgan fingerprint density at radius 1 is 1.19 bits per heavy atom. The first kappa shape index (κ1) is 12.4. The maximum Gasteiger partial charge on any atom is 0.0704 e. The second-order valence-corrected chi connectivity index (χ2v) is 5.69. The molecule has 1 heterocycles. The van der Waals surface area contributed by atoms with Crippen LogP contribution in [0.5, 0.6) is 0 Å². The molecule has 2 heteroatoms. The molecule has 94 valence electrons. The first-order chi connectivity index (χ1) is 7.78. The summed E-state index contributed by atoms with van der Waals surface area (Å²) in [6.45, 7) is 5.59. The van der Waals surface area contributed by atoms with Gasteiger partial charge >= 0.3 is 0 Å². The van der Waals surface area contributed by atoms with Gasteiger partial charge in [0.2, 0.25) is 0 Å². The van der Waals surface area contributed by atoms with Crippen molar-refractivity contribution in [3.05, 3.63) is 0 Å². The van der Waals surface area contributed by atoms with E-state index in [2.05, 4.69) is 19.2 Å². The van der Waals surface area contributed by atoms with Crippen molar-refractivity contribution in [3.8, 4) is 0 Å². The van der Waals surface area contributed by atoms with Crippen LogP contribution in [0, 0.1) is 5.92 Å². The van der Waals surface area contributed by atoms with E-state index in [0.29, 0.717) is 12.2 Å². The van der Waals surface area contributed by atoms with Gasteiger partial charge in [0.15, 0.2) is 0 Å². The second kappa shape index (κ2) is 6.02. The highest BCUT2D eigenvalue weighted by molar-refractivity contribution is 4.80. The van der Waals surface area contributed by atoms with Gasteiger partial charge in [0.1, 0.15) is 0 Å². The van der Waals surface area contributed by atoms with E-state index in [9.17, 15) is 0 Å². The summed E-state index contributed by atoms with van der Waals surface area (Å²) in [5, 5.41) is 3.72. The van der Waals surface area contributed by atoms with Gasteiger partial charge in [-0.25, -0.2) is 0 Å². The van der Waals surface area contributed by atoms with Crippen molar-refractivity contribution in [1.82, 2.24) is 5.32 Å². The van der Waals surface area contributed by atoms with E-state index in [1.807, 2.05) is 0 Å². The normalized spacial score (nSPS) is 40.1. The summed E-state index contributed by atoms with van der Waals surface area (Å²) in [7, 11) is 0. The number of ether oxygens (including phenoxy) is 1. The van der Waals surface area contributed by atoms with Crippen molar-refractivity contribution in [2.24, 2.45) is 5.92 Å². The minimum atomic E-state index is 0.483. The van der Waals surface area contributed by atoms with E-state index >= 15 is 0 Å². The van der Waals surface area contributed by atoms with E-state index in [4.69, 9.17) is 4.74 Å². The highest BCUT2D eigenvalue weighted by Gasteiger charge is 2.24. The van der Waals surface area contributed by atoms with Crippen molar-refractivity contribution in [3.63, 3.8) is 0 Å². The molecule has 2 nitrogen and oxygen atoms in total. The standard InChI is InChI=1S/C14H27NO/c1-3-12-5-4-6-13(9-12)15-10-14-8-7-11(2)16-14/h11-15H,3-10H2,1-2H3. The minimum Gasteiger partial charge on any atom is -0.374 e. The molecule has 0 amide bonds. The monoisotopic (exact) mass is 225 g/mol. The van der Waals surface area contributed by atoms with Gasteiger partial charge in [-0.05, 0) is 38.5 Å². The summed E-state index contributed by atoms with van der Waals surface area (Å²) >= 11 is 0. The van der Waals surface area contributed by atoms with Gasteiger partial charge in [-0.3, -0.25) is 0 Å². The highest BCUT2D eigenvalue weighted by Crippen LogP contribution is 2.27. The lowest BCUT2D eigenvalue weighted by atomic mass is 9.84. The first-order valence-corrected chi connectivity index (χ1v) is 7.16. The van der Waals surface area contributed by atoms with Crippen molar-refractivity contribution in [2.45, 2.75) is 77.0 Å². The Bertz CT molecular complexity index is 207. The van der Waals surface area contributed by atoms with Crippen LogP contribution in [0.25, 0.3) is 0 Å². The van der Waals surface area contributed by atoms with Crippen LogP contribution in [0.3, 0.4) is 0 Å². The van der Waals surface area contributed by atoms with E-state index in [1.165, 1.54) is 44.9 Å². The average molecular weight is 225 g/mol. The van der Waals surface area contributed by atoms with Crippen molar-refractivity contribution in [2.75, 3.05) is 6.54 Å². The molecule has 0 radical (unpaired) electrons. The van der Waals surface area contributed by atoms with E-state index in [1.54, 1.807) is 0 Å². The molecule has 0 spiro atoms. The average Bonchev–Trinajstić information content (AvgIpc) is 2.73. The van der Waals surface area contributed by atoms with Gasteiger partial charge in [-0.15, -0.1) is 0 Å². The zero-order valence-corrected chi connectivity index (χ0v) is 10.9. The molecule has 4 unspecified atom stereocenters. The summed E-state index contributed by atoms with van der Waals surface area (Å²) in [4.78, 5) is 0. The molecule has 0 aromatic heterocycles. The predicted molar refractivity (Wildman–Crippen MR) is 67.6 cm³/mol. The van der Waals surface area contributed by atoms with Crippen LogP contribution in [0.1, 0.15) is 58.8 Å². The van der Waals surface area contributed by atoms with Crippen LogP contribution < -0.4 is 5.32 Å². The Kier molecular flexibility index (Phi) is 4.66. The fourth-order valence-electron chi connectivity index (χ4n) is 3.18. The maximum absolute atomic E-state index is 5.84. The molecule has 4 atom stereocenters. The Morgan fingerprint density at radius 2 is 2.06 bits per heavy atom. The summed E-state index contributed by atoms with van der Waals surface area (Å²) in [5.74, 6) is 0.967. The van der Waals surface area contributed by atoms with Gasteiger partial charge in [-0.2, -0.15) is 0 Å². The fraction of sp³-hybridized carbons (Fsp3) is 1.00. The van der Waals surface area contributed by atoms with Crippen LogP contribution >= 0.6 is 0 Å². The van der Waals surface area contributed by atoms with Gasteiger partial charge < -0.3 is 10.1 Å². The SMILES string of the molecule is CCC1CCCC(NCC2CCC(C)O2)C1. The number of hydrogen-bond acceptors (Lipinski definition) is 2. The molecule has 1 saturated carbocycles. The Labute approximate surface area is 100 Å². The quantitative estimate of drug-likeness (QED) is 0.794. The topological polar surface area (TPSA) is 21.3 Å². The summed E-state index contributed by atoms with van der Waals surface area (Å²) in [6.07, 6.45) is 10.4. The van der Waals surface area contributed by atoms with E-state index in [-0.39, 0.29) is 0 Å². The Morgan fingerprint density at radius 3 is 2.75 bits per heavy atom. The summed E-state index contributed by atoms with van der Waals surface area (Å²) in [6, 6.07) is 0.762. The zero-order valence-electron chi connectivity index (χ0n) is 10.9. The third-order valence-electron chi connectivity index (χ3n) is 4.31. The van der Waals surface area contributed by atoms with Crippen LogP contribution in [-0.4, -0.2) is 24.8 Å². The molecule has 1 aliphatic heterocycles. The molecule has 1 aliphatic carbocycles. The van der Waals surface area contributed by atoms with Crippen LogP contribution in [0.4, 0.5) is 0 Å². The lowest BCUT2D eigenvalue weighted by molar-refractivity contribution is 0.0527. The predicted octanol–water partition coefficient (Wildman–Crippen LogP) is 3.11. The molecule has 2 rings (SSSR count). The second-order valence-electron chi connectivity index (χ2n) is 5.69. The van der Waals surface area contributed by atoms with Gasteiger partial charge in [-0.1, -0.05) is 26.2 Å². The van der Waals surface area contributed by atoms with Crippen LogP contribution in [-0.2, 0) is 4.74 Å². The third-order valence-corrected chi connectivity index (χ3v) is 4.31. The van der Waals surface area contributed by atoms with Crippen molar-refractivity contribution < 1.29 is 4.74 Å². The smallest absolute Gasteiger partial charge is 0.0704 e. The lowest BCUT2D eigenvalue weighted by Gasteiger charge is -2.30. The largest absolute Gasteiger partial charge is 0.374 e. The van der Waals surface area contributed by atoms with Crippen molar-refractivity contribution in [1.29, 1.82) is 0 Å². The van der Waals surface area contributed by atoms with E-state index in [0.717, 1.165) is 18.5 Å². The minimum absolute atomic E-state index is 0.483. The number of rotatable bonds is 4. The van der Waals surface area contributed by atoms with E-state index < -0.39 is 0 Å². The number of nitrogens with one attached hydrogen (secondary N) is 1. The number of hydrogen-bond donors (Lipinski definition) is 1. The molecule has 2 aliphatic rings. The maximum atomic E-state index is 5.84. The molecule has 16 heavy (non-hydrogen) atoms. The lowest BCUT2D eigenvalue weighted by Crippen LogP contribution is -2.38. The molecule has 1 N–H and O–H groups in total. The van der Waals surface area contributed by atoms with Gasteiger partial charge in [0.25, 0.3) is 0 Å². The van der Waals surface area contributed by atoms with Crippen LogP contribution in [0.15, 0.2) is 0 Å². The molecular formula is C14H27NO. The molecule has 1 saturated heterocycles. The van der Waals surface area contributed by atoms with Crippen molar-refractivity contribution >= 4 is 0 Å².